The Morgan fingerprint density at radius 1 is 1.00 bits per heavy atom. The highest BCUT2D eigenvalue weighted by Gasteiger charge is 2.27. The molecule has 4 rings (SSSR count). The van der Waals surface area contributed by atoms with Crippen molar-refractivity contribution in [2.45, 2.75) is 25.6 Å². The average Bonchev–Trinajstić information content (AvgIpc) is 2.72. The van der Waals surface area contributed by atoms with E-state index in [4.69, 9.17) is 0 Å². The van der Waals surface area contributed by atoms with Crippen LogP contribution in [-0.2, 0) is 13.1 Å². The van der Waals surface area contributed by atoms with E-state index in [0.29, 0.717) is 13.0 Å². The van der Waals surface area contributed by atoms with Gasteiger partial charge in [-0.05, 0) is 29.5 Å². The fourth-order valence-corrected chi connectivity index (χ4v) is 4.15. The van der Waals surface area contributed by atoms with E-state index in [1.807, 2.05) is 24.5 Å². The molecule has 1 aliphatic rings. The number of fused-ring (bicyclic) bond motifs is 1. The van der Waals surface area contributed by atoms with E-state index in [9.17, 15) is 9.50 Å². The Hall–Kier alpha value is -2.34. The topological polar surface area (TPSA) is 39.6 Å². The predicted molar refractivity (Wildman–Crippen MR) is 109 cm³/mol. The molecule has 1 fully saturated rings. The van der Waals surface area contributed by atoms with E-state index in [1.165, 1.54) is 17.0 Å². The molecular formula is C23H26FN3O. The summed E-state index contributed by atoms with van der Waals surface area (Å²) in [6.07, 6.45) is 4.44. The Balaban J connectivity index is 1.47. The molecule has 146 valence electrons. The van der Waals surface area contributed by atoms with Crippen molar-refractivity contribution in [1.82, 2.24) is 14.8 Å². The number of pyridine rings is 1. The Morgan fingerprint density at radius 2 is 1.86 bits per heavy atom. The van der Waals surface area contributed by atoms with Crippen LogP contribution in [0, 0.1) is 5.82 Å². The zero-order valence-corrected chi connectivity index (χ0v) is 16.0. The SMILES string of the molecule is OCC[C@@H]1CN(Cc2cccc3cnccc23)CCN1Cc1ccccc1F. The summed E-state index contributed by atoms with van der Waals surface area (Å²) in [4.78, 5) is 8.96. The molecule has 1 saturated heterocycles. The van der Waals surface area contributed by atoms with Crippen molar-refractivity contribution in [3.63, 3.8) is 0 Å². The van der Waals surface area contributed by atoms with Crippen molar-refractivity contribution in [2.75, 3.05) is 26.2 Å². The van der Waals surface area contributed by atoms with E-state index in [2.05, 4.69) is 39.0 Å². The second-order valence-corrected chi connectivity index (χ2v) is 7.48. The molecule has 0 aliphatic carbocycles. The minimum Gasteiger partial charge on any atom is -0.396 e. The second kappa shape index (κ2) is 8.78. The van der Waals surface area contributed by atoms with Gasteiger partial charge in [0.2, 0.25) is 0 Å². The van der Waals surface area contributed by atoms with Crippen LogP contribution in [0.5, 0.6) is 0 Å². The summed E-state index contributed by atoms with van der Waals surface area (Å²) in [6, 6.07) is 15.6. The van der Waals surface area contributed by atoms with E-state index in [-0.39, 0.29) is 18.5 Å². The summed E-state index contributed by atoms with van der Waals surface area (Å²) in [5, 5.41) is 11.9. The maximum Gasteiger partial charge on any atom is 0.127 e. The summed E-state index contributed by atoms with van der Waals surface area (Å²) in [5.41, 5.74) is 2.02. The Labute approximate surface area is 165 Å². The van der Waals surface area contributed by atoms with Crippen molar-refractivity contribution in [3.05, 3.63) is 77.9 Å². The van der Waals surface area contributed by atoms with Gasteiger partial charge in [0.1, 0.15) is 5.82 Å². The number of rotatable bonds is 6. The van der Waals surface area contributed by atoms with E-state index >= 15 is 0 Å². The number of piperazine rings is 1. The molecule has 3 aromatic rings. The van der Waals surface area contributed by atoms with Gasteiger partial charge >= 0.3 is 0 Å². The summed E-state index contributed by atoms with van der Waals surface area (Å²) < 4.78 is 14.1. The first-order chi connectivity index (χ1) is 13.7. The maximum absolute atomic E-state index is 14.1. The zero-order valence-electron chi connectivity index (χ0n) is 16.0. The van der Waals surface area contributed by atoms with Gasteiger partial charge in [0.05, 0.1) is 0 Å². The van der Waals surface area contributed by atoms with Gasteiger partial charge in [0, 0.05) is 68.7 Å². The lowest BCUT2D eigenvalue weighted by molar-refractivity contribution is 0.0495. The fraction of sp³-hybridized carbons (Fsp3) is 0.348. The number of benzene rings is 2. The number of aromatic nitrogens is 1. The fourth-order valence-electron chi connectivity index (χ4n) is 4.15. The molecule has 0 unspecified atom stereocenters. The first kappa shape index (κ1) is 19.0. The second-order valence-electron chi connectivity index (χ2n) is 7.48. The third-order valence-corrected chi connectivity index (χ3v) is 5.65. The van der Waals surface area contributed by atoms with Gasteiger partial charge in [-0.2, -0.15) is 0 Å². The molecule has 0 radical (unpaired) electrons. The van der Waals surface area contributed by atoms with Crippen LogP contribution in [0.1, 0.15) is 17.5 Å². The number of aliphatic hydroxyl groups is 1. The van der Waals surface area contributed by atoms with Crippen molar-refractivity contribution in [1.29, 1.82) is 0 Å². The van der Waals surface area contributed by atoms with Gasteiger partial charge in [0.15, 0.2) is 0 Å². The molecule has 0 bridgehead atoms. The number of nitrogens with zero attached hydrogens (tertiary/aromatic N) is 3. The smallest absolute Gasteiger partial charge is 0.127 e. The Bertz CT molecular complexity index is 927. The van der Waals surface area contributed by atoms with Crippen LogP contribution in [0.2, 0.25) is 0 Å². The van der Waals surface area contributed by atoms with Crippen LogP contribution < -0.4 is 0 Å². The van der Waals surface area contributed by atoms with Crippen molar-refractivity contribution in [3.8, 4) is 0 Å². The molecule has 28 heavy (non-hydrogen) atoms. The van der Waals surface area contributed by atoms with E-state index in [1.54, 1.807) is 6.07 Å². The lowest BCUT2D eigenvalue weighted by atomic mass is 10.0. The van der Waals surface area contributed by atoms with Gasteiger partial charge in [-0.1, -0.05) is 36.4 Å². The zero-order chi connectivity index (χ0) is 19.3. The molecule has 2 heterocycles. The van der Waals surface area contributed by atoms with Crippen molar-refractivity contribution >= 4 is 10.8 Å². The van der Waals surface area contributed by atoms with Crippen LogP contribution in [0.3, 0.4) is 0 Å². The molecule has 1 atom stereocenters. The summed E-state index contributed by atoms with van der Waals surface area (Å²) in [5.74, 6) is -0.156. The Kier molecular flexibility index (Phi) is 5.95. The molecule has 1 aliphatic heterocycles. The predicted octanol–water partition coefficient (Wildman–Crippen LogP) is 3.44. The number of aliphatic hydroxyl groups excluding tert-OH is 1. The summed E-state index contributed by atoms with van der Waals surface area (Å²) in [6.45, 7) is 4.27. The number of halogens is 1. The molecule has 1 aromatic heterocycles. The molecule has 0 saturated carbocycles. The largest absolute Gasteiger partial charge is 0.396 e. The average molecular weight is 379 g/mol. The lowest BCUT2D eigenvalue weighted by Gasteiger charge is -2.41. The Morgan fingerprint density at radius 3 is 2.71 bits per heavy atom. The minimum atomic E-state index is -0.156. The maximum atomic E-state index is 14.1. The molecule has 2 aromatic carbocycles. The first-order valence-electron chi connectivity index (χ1n) is 9.87. The third-order valence-electron chi connectivity index (χ3n) is 5.65. The highest BCUT2D eigenvalue weighted by Crippen LogP contribution is 2.23. The monoisotopic (exact) mass is 379 g/mol. The third kappa shape index (κ3) is 4.22. The summed E-state index contributed by atoms with van der Waals surface area (Å²) >= 11 is 0. The van der Waals surface area contributed by atoms with Gasteiger partial charge in [-0.15, -0.1) is 0 Å². The van der Waals surface area contributed by atoms with Gasteiger partial charge in [-0.25, -0.2) is 4.39 Å². The van der Waals surface area contributed by atoms with Crippen LogP contribution in [0.15, 0.2) is 60.9 Å². The molecule has 5 heteroatoms. The molecule has 0 amide bonds. The number of hydrogen-bond donors (Lipinski definition) is 1. The van der Waals surface area contributed by atoms with Gasteiger partial charge < -0.3 is 5.11 Å². The normalized spacial score (nSPS) is 18.6. The quantitative estimate of drug-likeness (QED) is 0.712. The molecule has 0 spiro atoms. The first-order valence-corrected chi connectivity index (χ1v) is 9.87. The van der Waals surface area contributed by atoms with Crippen LogP contribution in [0.25, 0.3) is 10.8 Å². The lowest BCUT2D eigenvalue weighted by Crippen LogP contribution is -2.52. The van der Waals surface area contributed by atoms with Gasteiger partial charge in [-0.3, -0.25) is 14.8 Å². The molecule has 4 nitrogen and oxygen atoms in total. The van der Waals surface area contributed by atoms with E-state index < -0.39 is 0 Å². The van der Waals surface area contributed by atoms with Crippen LogP contribution in [-0.4, -0.2) is 52.2 Å². The van der Waals surface area contributed by atoms with Crippen molar-refractivity contribution < 1.29 is 9.50 Å². The highest BCUT2D eigenvalue weighted by molar-refractivity contribution is 5.84. The highest BCUT2D eigenvalue weighted by atomic mass is 19.1. The van der Waals surface area contributed by atoms with Gasteiger partial charge in [0.25, 0.3) is 0 Å². The minimum absolute atomic E-state index is 0.145. The van der Waals surface area contributed by atoms with Crippen LogP contribution in [0.4, 0.5) is 4.39 Å². The van der Waals surface area contributed by atoms with Crippen molar-refractivity contribution in [2.24, 2.45) is 0 Å². The molecule has 1 N–H and O–H groups in total. The standard InChI is InChI=1S/C23H26FN3O/c24-23-7-2-1-4-20(23)16-27-12-11-26(17-21(27)9-13-28)15-19-6-3-5-18-14-25-10-8-22(18)19/h1-8,10,14,21,28H,9,11-13,15-17H2/t21-/m1/s1. The van der Waals surface area contributed by atoms with Crippen LogP contribution >= 0.6 is 0 Å². The number of hydrogen-bond acceptors (Lipinski definition) is 4. The molecular weight excluding hydrogens is 353 g/mol. The summed E-state index contributed by atoms with van der Waals surface area (Å²) in [7, 11) is 0. The van der Waals surface area contributed by atoms with E-state index in [0.717, 1.165) is 37.1 Å².